The molecule has 0 aliphatic rings. The van der Waals surface area contributed by atoms with Gasteiger partial charge in [-0.15, -0.1) is 0 Å². The average Bonchev–Trinajstić information content (AvgIpc) is 3.14. The molecule has 1 N–H and O–H groups in total. The van der Waals surface area contributed by atoms with Crippen LogP contribution in [0.25, 0.3) is 10.9 Å². The van der Waals surface area contributed by atoms with Crippen molar-refractivity contribution in [1.29, 1.82) is 0 Å². The van der Waals surface area contributed by atoms with Crippen LogP contribution in [0.15, 0.2) is 72.8 Å². The Labute approximate surface area is 225 Å². The van der Waals surface area contributed by atoms with Crippen LogP contribution >= 0.6 is 0 Å². The van der Waals surface area contributed by atoms with Crippen LogP contribution in [-0.2, 0) is 10.2 Å². The summed E-state index contributed by atoms with van der Waals surface area (Å²) in [4.78, 5) is 26.2. The Morgan fingerprint density at radius 3 is 1.79 bits per heavy atom. The van der Waals surface area contributed by atoms with Gasteiger partial charge in [-0.05, 0) is 61.2 Å². The van der Waals surface area contributed by atoms with Gasteiger partial charge in [0, 0.05) is 11.1 Å². The van der Waals surface area contributed by atoms with Crippen molar-refractivity contribution >= 4 is 42.4 Å². The minimum absolute atomic E-state index is 0.0483. The van der Waals surface area contributed by atoms with Gasteiger partial charge in [0.25, 0.3) is 0 Å². The summed E-state index contributed by atoms with van der Waals surface area (Å²) in [5.74, 6) is -0.835. The van der Waals surface area contributed by atoms with Gasteiger partial charge in [-0.3, -0.25) is 0 Å². The van der Waals surface area contributed by atoms with Crippen LogP contribution in [-0.4, -0.2) is 36.4 Å². The zero-order valence-corrected chi connectivity index (χ0v) is 24.0. The molecule has 6 nitrogen and oxygen atoms in total. The highest BCUT2D eigenvalue weighted by Crippen LogP contribution is 2.40. The maximum atomic E-state index is 13.3. The molecule has 0 fully saturated rings. The number of hydrogen-bond acceptors (Lipinski definition) is 4. The smallest absolute Gasteiger partial charge is 0.419 e. The first kappa shape index (κ1) is 27.2. The Balaban J connectivity index is 1.98. The predicted molar refractivity (Wildman–Crippen MR) is 153 cm³/mol. The largest absolute Gasteiger partial charge is 0.532 e. The molecule has 0 aliphatic carbocycles. The fourth-order valence-electron chi connectivity index (χ4n) is 4.82. The molecule has 1 heterocycles. The molecule has 0 bridgehead atoms. The second-order valence-corrected chi connectivity index (χ2v) is 13.3. The van der Waals surface area contributed by atoms with E-state index < -0.39 is 32.1 Å². The number of carbonyl (C=O) groups is 2. The number of carboxylic acids is 1. The molecular formula is C31H34NO5Si. The third kappa shape index (κ3) is 5.38. The van der Waals surface area contributed by atoms with Crippen LogP contribution in [0.5, 0.6) is 5.75 Å². The lowest BCUT2D eigenvalue weighted by atomic mass is 9.83. The Hall–Kier alpha value is -3.84. The number of carboxylic acid groups (broad SMARTS) is 1. The fraction of sp³-hybridized carbons (Fsp3) is 0.290. The standard InChI is InChI=1S/C31H34NO5Si/c1-20-27(30(2,3)4)25-23(32(20)29(35)36-31(5,6)7)18-19-24(26(25)28(33)34)37-38(21-14-10-8-11-15-21)22-16-12-9-13-17-22/h8-19H,1-7H3,(H,33,34). The molecule has 1 aromatic heterocycles. The summed E-state index contributed by atoms with van der Waals surface area (Å²) in [6.07, 6.45) is -0.543. The number of rotatable bonds is 5. The fourth-order valence-corrected chi connectivity index (χ4v) is 6.77. The molecule has 4 aromatic rings. The van der Waals surface area contributed by atoms with E-state index in [0.717, 1.165) is 15.9 Å². The van der Waals surface area contributed by atoms with Crippen molar-refractivity contribution in [3.63, 3.8) is 0 Å². The maximum Gasteiger partial charge on any atom is 0.419 e. The number of ether oxygens (including phenoxy) is 1. The molecule has 0 saturated carbocycles. The van der Waals surface area contributed by atoms with Crippen LogP contribution in [0.2, 0.25) is 0 Å². The molecule has 0 atom stereocenters. The number of benzene rings is 3. The zero-order valence-electron chi connectivity index (χ0n) is 23.0. The SMILES string of the molecule is Cc1c(C(C)(C)C)c2c(C(=O)O)c(O[Si](c3ccccc3)c3ccccc3)ccc2n1C(=O)OC(C)(C)C. The summed E-state index contributed by atoms with van der Waals surface area (Å²) in [6.45, 7) is 13.3. The van der Waals surface area contributed by atoms with Crippen molar-refractivity contribution in [2.45, 2.75) is 59.5 Å². The van der Waals surface area contributed by atoms with Gasteiger partial charge in [0.2, 0.25) is 0 Å². The van der Waals surface area contributed by atoms with Crippen molar-refractivity contribution in [3.05, 3.63) is 89.6 Å². The first-order valence-corrected chi connectivity index (χ1v) is 14.0. The van der Waals surface area contributed by atoms with E-state index in [2.05, 4.69) is 0 Å². The Bertz CT molecular complexity index is 1440. The topological polar surface area (TPSA) is 77.8 Å². The Kier molecular flexibility index (Phi) is 7.26. The molecule has 0 amide bonds. The van der Waals surface area contributed by atoms with E-state index in [0.29, 0.717) is 16.6 Å². The highest BCUT2D eigenvalue weighted by atomic mass is 28.3. The van der Waals surface area contributed by atoms with Gasteiger partial charge in [0.1, 0.15) is 16.9 Å². The van der Waals surface area contributed by atoms with E-state index in [-0.39, 0.29) is 11.3 Å². The van der Waals surface area contributed by atoms with Crippen molar-refractivity contribution < 1.29 is 23.9 Å². The van der Waals surface area contributed by atoms with Crippen LogP contribution in [0, 0.1) is 6.92 Å². The first-order valence-electron chi connectivity index (χ1n) is 12.6. The molecular weight excluding hydrogens is 494 g/mol. The molecule has 0 spiro atoms. The normalized spacial score (nSPS) is 12.1. The second-order valence-electron chi connectivity index (χ2n) is 11.3. The van der Waals surface area contributed by atoms with Crippen LogP contribution < -0.4 is 14.8 Å². The van der Waals surface area contributed by atoms with Gasteiger partial charge < -0.3 is 14.3 Å². The number of fused-ring (bicyclic) bond motifs is 1. The molecule has 38 heavy (non-hydrogen) atoms. The van der Waals surface area contributed by atoms with Crippen LogP contribution in [0.4, 0.5) is 4.79 Å². The number of aromatic nitrogens is 1. The molecule has 3 aromatic carbocycles. The van der Waals surface area contributed by atoms with E-state index in [9.17, 15) is 14.7 Å². The van der Waals surface area contributed by atoms with Gasteiger partial charge in [0.15, 0.2) is 0 Å². The lowest BCUT2D eigenvalue weighted by molar-refractivity contribution is 0.0540. The zero-order chi connectivity index (χ0) is 27.8. The number of carbonyl (C=O) groups excluding carboxylic acids is 1. The van der Waals surface area contributed by atoms with Gasteiger partial charge in [-0.1, -0.05) is 81.4 Å². The van der Waals surface area contributed by atoms with E-state index in [1.54, 1.807) is 12.1 Å². The molecule has 197 valence electrons. The third-order valence-corrected chi connectivity index (χ3v) is 8.30. The average molecular weight is 529 g/mol. The van der Waals surface area contributed by atoms with E-state index >= 15 is 0 Å². The van der Waals surface area contributed by atoms with E-state index in [4.69, 9.17) is 9.16 Å². The van der Waals surface area contributed by atoms with Crippen molar-refractivity contribution in [1.82, 2.24) is 4.57 Å². The van der Waals surface area contributed by atoms with Crippen molar-refractivity contribution in [3.8, 4) is 5.75 Å². The van der Waals surface area contributed by atoms with Crippen molar-refractivity contribution in [2.75, 3.05) is 0 Å². The van der Waals surface area contributed by atoms with Gasteiger partial charge in [0.05, 0.1) is 5.52 Å². The molecule has 0 aliphatic heterocycles. The quantitative estimate of drug-likeness (QED) is 0.326. The van der Waals surface area contributed by atoms with Crippen molar-refractivity contribution in [2.24, 2.45) is 0 Å². The summed E-state index contributed by atoms with van der Waals surface area (Å²) in [5, 5.41) is 13.0. The molecule has 7 heteroatoms. The maximum absolute atomic E-state index is 13.3. The second kappa shape index (κ2) is 10.1. The van der Waals surface area contributed by atoms with E-state index in [1.807, 2.05) is 109 Å². The molecule has 0 unspecified atom stereocenters. The summed E-state index contributed by atoms with van der Waals surface area (Å²) in [6, 6.07) is 23.1. The first-order chi connectivity index (χ1) is 17.8. The summed E-state index contributed by atoms with van der Waals surface area (Å²) in [7, 11) is -1.83. The summed E-state index contributed by atoms with van der Waals surface area (Å²) < 4.78 is 13.8. The molecule has 0 saturated heterocycles. The van der Waals surface area contributed by atoms with Gasteiger partial charge in [-0.2, -0.15) is 0 Å². The number of hydrogen-bond donors (Lipinski definition) is 1. The van der Waals surface area contributed by atoms with E-state index in [1.165, 1.54) is 4.57 Å². The summed E-state index contributed by atoms with van der Waals surface area (Å²) in [5.41, 5.74) is 0.799. The number of nitrogens with zero attached hydrogens (tertiary/aromatic N) is 1. The molecule has 4 rings (SSSR count). The minimum Gasteiger partial charge on any atom is -0.532 e. The predicted octanol–water partition coefficient (Wildman–Crippen LogP) is 5.91. The Morgan fingerprint density at radius 2 is 1.34 bits per heavy atom. The van der Waals surface area contributed by atoms with Gasteiger partial charge >= 0.3 is 21.1 Å². The lowest BCUT2D eigenvalue weighted by Crippen LogP contribution is -2.47. The minimum atomic E-state index is -1.83. The van der Waals surface area contributed by atoms with Crippen LogP contribution in [0.1, 0.15) is 63.2 Å². The molecule has 1 radical (unpaired) electrons. The van der Waals surface area contributed by atoms with Crippen LogP contribution in [0.3, 0.4) is 0 Å². The van der Waals surface area contributed by atoms with Gasteiger partial charge in [-0.25, -0.2) is 14.2 Å². The summed E-state index contributed by atoms with van der Waals surface area (Å²) >= 11 is 0. The third-order valence-electron chi connectivity index (χ3n) is 6.16. The highest BCUT2D eigenvalue weighted by Gasteiger charge is 2.34. The lowest BCUT2D eigenvalue weighted by Gasteiger charge is -2.22. The Morgan fingerprint density at radius 1 is 0.816 bits per heavy atom. The number of aromatic carboxylic acids is 1. The highest BCUT2D eigenvalue weighted by molar-refractivity contribution is 6.80. The monoisotopic (exact) mass is 528 g/mol.